The lowest BCUT2D eigenvalue weighted by atomic mass is 10.2. The summed E-state index contributed by atoms with van der Waals surface area (Å²) in [4.78, 5) is 40.3. The van der Waals surface area contributed by atoms with Gasteiger partial charge >= 0.3 is 12.1 Å². The number of nitrogens with one attached hydrogen (secondary N) is 2. The van der Waals surface area contributed by atoms with E-state index in [0.717, 1.165) is 22.3 Å². The molecule has 4 heterocycles. The van der Waals surface area contributed by atoms with Crippen LogP contribution >= 0.6 is 11.3 Å². The SMILES string of the molecule is CCCc1cc2c(N3CCn4c(nnc4C(F)(F)F)C3)nc(C(=O)NNC(=O)CC=NC)nc2s1. The van der Waals surface area contributed by atoms with Gasteiger partial charge in [0, 0.05) is 31.2 Å². The van der Waals surface area contributed by atoms with Crippen molar-refractivity contribution in [3.05, 3.63) is 28.4 Å². The van der Waals surface area contributed by atoms with Gasteiger partial charge in [-0.3, -0.25) is 20.4 Å². The van der Waals surface area contributed by atoms with Crippen molar-refractivity contribution in [1.82, 2.24) is 35.6 Å². The molecule has 0 atom stereocenters. The summed E-state index contributed by atoms with van der Waals surface area (Å²) in [5.74, 6) is -1.85. The summed E-state index contributed by atoms with van der Waals surface area (Å²) >= 11 is 1.42. The first-order valence-corrected chi connectivity index (χ1v) is 11.6. The molecule has 3 aromatic heterocycles. The molecule has 15 heteroatoms. The highest BCUT2D eigenvalue weighted by atomic mass is 32.1. The van der Waals surface area contributed by atoms with Crippen molar-refractivity contribution in [2.75, 3.05) is 18.5 Å². The van der Waals surface area contributed by atoms with E-state index in [1.54, 1.807) is 4.90 Å². The fraction of sp³-hybridized carbons (Fsp3) is 0.450. The maximum atomic E-state index is 13.2. The molecule has 0 aromatic carbocycles. The van der Waals surface area contributed by atoms with Crippen LogP contribution in [0.5, 0.6) is 0 Å². The predicted molar refractivity (Wildman–Crippen MR) is 122 cm³/mol. The number of hydrogen-bond acceptors (Lipinski definition) is 9. The molecule has 4 rings (SSSR count). The molecule has 0 radical (unpaired) electrons. The maximum Gasteiger partial charge on any atom is 0.451 e. The molecule has 3 aromatic rings. The number of nitrogens with zero attached hydrogens (tertiary/aromatic N) is 7. The van der Waals surface area contributed by atoms with Crippen molar-refractivity contribution in [2.45, 2.75) is 45.5 Å². The Morgan fingerprint density at radius 2 is 2.03 bits per heavy atom. The number of fused-ring (bicyclic) bond motifs is 2. The van der Waals surface area contributed by atoms with E-state index in [4.69, 9.17) is 0 Å². The van der Waals surface area contributed by atoms with Gasteiger partial charge in [-0.15, -0.1) is 21.5 Å². The molecule has 186 valence electrons. The fourth-order valence-corrected chi connectivity index (χ4v) is 4.75. The third-order valence-corrected chi connectivity index (χ3v) is 6.29. The van der Waals surface area contributed by atoms with Crippen LogP contribution in [0.1, 0.15) is 46.9 Å². The van der Waals surface area contributed by atoms with Crippen LogP contribution in [-0.2, 0) is 30.5 Å². The summed E-state index contributed by atoms with van der Waals surface area (Å²) in [6, 6.07) is 1.94. The molecule has 35 heavy (non-hydrogen) atoms. The number of hydrogen-bond donors (Lipinski definition) is 2. The van der Waals surface area contributed by atoms with Gasteiger partial charge in [-0.2, -0.15) is 13.2 Å². The highest BCUT2D eigenvalue weighted by molar-refractivity contribution is 7.18. The molecule has 2 N–H and O–H groups in total. The van der Waals surface area contributed by atoms with Gasteiger partial charge in [-0.05, 0) is 12.5 Å². The van der Waals surface area contributed by atoms with Gasteiger partial charge in [0.25, 0.3) is 0 Å². The molecule has 0 spiro atoms. The van der Waals surface area contributed by atoms with Crippen LogP contribution < -0.4 is 15.8 Å². The monoisotopic (exact) mass is 509 g/mol. The Morgan fingerprint density at radius 3 is 2.74 bits per heavy atom. The Kier molecular flexibility index (Phi) is 6.95. The zero-order valence-electron chi connectivity index (χ0n) is 18.9. The summed E-state index contributed by atoms with van der Waals surface area (Å²) in [7, 11) is 1.53. The number of halogens is 3. The number of hydrazine groups is 1. The van der Waals surface area contributed by atoms with Crippen molar-refractivity contribution in [3.8, 4) is 0 Å². The minimum absolute atomic E-state index is 0.00515. The second-order valence-electron chi connectivity index (χ2n) is 7.71. The molecule has 0 aliphatic carbocycles. The van der Waals surface area contributed by atoms with Crippen LogP contribution in [0.4, 0.5) is 19.0 Å². The van der Waals surface area contributed by atoms with E-state index in [2.05, 4.69) is 36.0 Å². The van der Waals surface area contributed by atoms with Crippen LogP contribution in [0, 0.1) is 0 Å². The summed E-state index contributed by atoms with van der Waals surface area (Å²) in [5, 5.41) is 7.73. The van der Waals surface area contributed by atoms with Gasteiger partial charge in [0.05, 0.1) is 18.4 Å². The van der Waals surface area contributed by atoms with Crippen molar-refractivity contribution in [2.24, 2.45) is 4.99 Å². The topological polar surface area (TPSA) is 130 Å². The highest BCUT2D eigenvalue weighted by Gasteiger charge is 2.39. The minimum Gasteiger partial charge on any atom is -0.347 e. The van der Waals surface area contributed by atoms with Gasteiger partial charge in [0.1, 0.15) is 10.6 Å². The summed E-state index contributed by atoms with van der Waals surface area (Å²) in [5.41, 5.74) is 4.55. The molecule has 0 saturated heterocycles. The first-order valence-electron chi connectivity index (χ1n) is 10.8. The molecular formula is C20H22F3N9O2S. The zero-order valence-corrected chi connectivity index (χ0v) is 19.7. The first-order chi connectivity index (χ1) is 16.7. The number of thiophene rings is 1. The number of anilines is 1. The van der Waals surface area contributed by atoms with Gasteiger partial charge in [0.15, 0.2) is 5.82 Å². The predicted octanol–water partition coefficient (Wildman–Crippen LogP) is 2.13. The number of alkyl halides is 3. The quantitative estimate of drug-likeness (QED) is 0.385. The molecule has 1 aliphatic rings. The number of carbonyl (C=O) groups is 2. The zero-order chi connectivity index (χ0) is 25.2. The third-order valence-electron chi connectivity index (χ3n) is 5.20. The Bertz CT molecular complexity index is 1280. The average molecular weight is 510 g/mol. The summed E-state index contributed by atoms with van der Waals surface area (Å²) < 4.78 is 40.7. The maximum absolute atomic E-state index is 13.2. The van der Waals surface area contributed by atoms with Gasteiger partial charge in [0.2, 0.25) is 17.6 Å². The number of aryl methyl sites for hydroxylation is 1. The molecular weight excluding hydrogens is 487 g/mol. The second kappa shape index (κ2) is 9.93. The second-order valence-corrected chi connectivity index (χ2v) is 8.83. The normalized spacial score (nSPS) is 13.9. The van der Waals surface area contributed by atoms with Crippen LogP contribution in [0.15, 0.2) is 11.1 Å². The molecule has 0 bridgehead atoms. The van der Waals surface area contributed by atoms with Crippen LogP contribution in [0.25, 0.3) is 10.2 Å². The summed E-state index contributed by atoms with van der Waals surface area (Å²) in [6.45, 7) is 2.28. The van der Waals surface area contributed by atoms with Crippen LogP contribution in [0.3, 0.4) is 0 Å². The lowest BCUT2D eigenvalue weighted by Gasteiger charge is -2.29. The standard InChI is InChI=1S/C20H22F3N9O2S/c1-3-4-11-9-12-16(31-7-8-32-13(10-31)27-30-19(32)20(21,22)23)25-15(26-18(12)35-11)17(34)29-28-14(33)5-6-24-2/h6,9H,3-5,7-8,10H2,1-2H3,(H,28,33)(H,29,34). The van der Waals surface area contributed by atoms with Gasteiger partial charge in [-0.1, -0.05) is 13.3 Å². The summed E-state index contributed by atoms with van der Waals surface area (Å²) in [6.07, 6.45) is -1.51. The number of carbonyl (C=O) groups excluding carboxylic acids is 2. The third kappa shape index (κ3) is 5.23. The van der Waals surface area contributed by atoms with E-state index in [9.17, 15) is 22.8 Å². The van der Waals surface area contributed by atoms with Gasteiger partial charge in [-0.25, -0.2) is 9.97 Å². The molecule has 11 nitrogen and oxygen atoms in total. The average Bonchev–Trinajstić information content (AvgIpc) is 3.43. The number of amides is 2. The highest BCUT2D eigenvalue weighted by Crippen LogP contribution is 2.34. The number of aromatic nitrogens is 5. The van der Waals surface area contributed by atoms with Gasteiger partial charge < -0.3 is 14.5 Å². The van der Waals surface area contributed by atoms with Crippen molar-refractivity contribution >= 4 is 45.4 Å². The fourth-order valence-electron chi connectivity index (χ4n) is 3.62. The Morgan fingerprint density at radius 1 is 1.23 bits per heavy atom. The lowest BCUT2D eigenvalue weighted by Crippen LogP contribution is -2.42. The largest absolute Gasteiger partial charge is 0.451 e. The van der Waals surface area contributed by atoms with Crippen LogP contribution in [-0.4, -0.2) is 56.4 Å². The molecule has 0 unspecified atom stereocenters. The van der Waals surface area contributed by atoms with E-state index in [1.807, 2.05) is 13.0 Å². The Labute approximate surface area is 201 Å². The van der Waals surface area contributed by atoms with Crippen molar-refractivity contribution in [3.63, 3.8) is 0 Å². The number of rotatable bonds is 6. The van der Waals surface area contributed by atoms with Crippen molar-refractivity contribution in [1.29, 1.82) is 0 Å². The van der Waals surface area contributed by atoms with Crippen molar-refractivity contribution < 1.29 is 22.8 Å². The smallest absolute Gasteiger partial charge is 0.347 e. The van der Waals surface area contributed by atoms with E-state index >= 15 is 0 Å². The Hall–Kier alpha value is -3.62. The lowest BCUT2D eigenvalue weighted by molar-refractivity contribution is -0.147. The van der Waals surface area contributed by atoms with E-state index in [-0.39, 0.29) is 37.7 Å². The van der Waals surface area contributed by atoms with Crippen LogP contribution in [0.2, 0.25) is 0 Å². The molecule has 0 fully saturated rings. The molecule has 1 aliphatic heterocycles. The van der Waals surface area contributed by atoms with E-state index in [0.29, 0.717) is 16.0 Å². The first kappa shape index (κ1) is 24.5. The Balaban J connectivity index is 1.65. The molecule has 2 amide bonds. The minimum atomic E-state index is -4.60. The van der Waals surface area contributed by atoms with E-state index < -0.39 is 23.8 Å². The van der Waals surface area contributed by atoms with E-state index in [1.165, 1.54) is 24.6 Å². The molecule has 0 saturated carbocycles. The number of aliphatic imine (C=N–C) groups is 1.